The molecule has 4 heteroatoms. The lowest BCUT2D eigenvalue weighted by atomic mass is 9.89. The SMILES string of the molecule is CCOC1CC(NCc2cc(Cl)ccc2F)C1. The lowest BCUT2D eigenvalue weighted by Gasteiger charge is -2.35. The molecule has 0 unspecified atom stereocenters. The summed E-state index contributed by atoms with van der Waals surface area (Å²) in [7, 11) is 0. The molecule has 2 rings (SSSR count). The molecule has 94 valence electrons. The smallest absolute Gasteiger partial charge is 0.127 e. The normalized spacial score (nSPS) is 23.5. The molecule has 0 amide bonds. The van der Waals surface area contributed by atoms with Crippen molar-refractivity contribution in [2.45, 2.75) is 38.5 Å². The van der Waals surface area contributed by atoms with Crippen LogP contribution in [0.1, 0.15) is 25.3 Å². The zero-order valence-corrected chi connectivity index (χ0v) is 10.6. The van der Waals surface area contributed by atoms with Crippen LogP contribution in [-0.2, 0) is 11.3 Å². The van der Waals surface area contributed by atoms with E-state index in [0.29, 0.717) is 29.3 Å². The fourth-order valence-electron chi connectivity index (χ4n) is 2.04. The predicted molar refractivity (Wildman–Crippen MR) is 66.7 cm³/mol. The van der Waals surface area contributed by atoms with Crippen LogP contribution in [0.25, 0.3) is 0 Å². The van der Waals surface area contributed by atoms with Crippen LogP contribution in [0.15, 0.2) is 18.2 Å². The molecule has 17 heavy (non-hydrogen) atoms. The molecule has 0 aromatic heterocycles. The standard InChI is InChI=1S/C13H17ClFNO/c1-2-17-12-6-11(7-12)16-8-9-5-10(14)3-4-13(9)15/h3-5,11-12,16H,2,6-8H2,1H3. The Hall–Kier alpha value is -0.640. The predicted octanol–water partition coefficient (Wildman–Crippen LogP) is 3.14. The first-order valence-electron chi connectivity index (χ1n) is 5.98. The van der Waals surface area contributed by atoms with E-state index in [2.05, 4.69) is 5.32 Å². The van der Waals surface area contributed by atoms with Crippen LogP contribution in [0, 0.1) is 5.82 Å². The Bertz CT molecular complexity index is 380. The van der Waals surface area contributed by atoms with Gasteiger partial charge in [0.05, 0.1) is 6.10 Å². The van der Waals surface area contributed by atoms with Crippen molar-refractivity contribution in [1.29, 1.82) is 0 Å². The van der Waals surface area contributed by atoms with Crippen molar-refractivity contribution in [2.75, 3.05) is 6.61 Å². The van der Waals surface area contributed by atoms with Gasteiger partial charge in [0, 0.05) is 29.8 Å². The molecular weight excluding hydrogens is 241 g/mol. The van der Waals surface area contributed by atoms with Crippen molar-refractivity contribution >= 4 is 11.6 Å². The summed E-state index contributed by atoms with van der Waals surface area (Å²) in [6.45, 7) is 3.29. The average molecular weight is 258 g/mol. The summed E-state index contributed by atoms with van der Waals surface area (Å²) in [5.41, 5.74) is 0.623. The largest absolute Gasteiger partial charge is 0.378 e. The van der Waals surface area contributed by atoms with Gasteiger partial charge in [-0.15, -0.1) is 0 Å². The van der Waals surface area contributed by atoms with Gasteiger partial charge in [-0.1, -0.05) is 11.6 Å². The monoisotopic (exact) mass is 257 g/mol. The Kier molecular flexibility index (Phi) is 4.37. The molecule has 1 fully saturated rings. The third kappa shape index (κ3) is 3.41. The third-order valence-corrected chi connectivity index (χ3v) is 3.32. The molecule has 0 heterocycles. The molecule has 1 aliphatic rings. The summed E-state index contributed by atoms with van der Waals surface area (Å²) in [5, 5.41) is 3.89. The van der Waals surface area contributed by atoms with E-state index in [9.17, 15) is 4.39 Å². The van der Waals surface area contributed by atoms with E-state index in [4.69, 9.17) is 16.3 Å². The second kappa shape index (κ2) is 5.80. The minimum Gasteiger partial charge on any atom is -0.378 e. The maximum Gasteiger partial charge on any atom is 0.127 e. The van der Waals surface area contributed by atoms with Gasteiger partial charge >= 0.3 is 0 Å². The number of benzene rings is 1. The Balaban J connectivity index is 1.77. The van der Waals surface area contributed by atoms with Gasteiger partial charge in [-0.3, -0.25) is 0 Å². The number of nitrogens with one attached hydrogen (secondary N) is 1. The van der Waals surface area contributed by atoms with Crippen LogP contribution in [-0.4, -0.2) is 18.8 Å². The van der Waals surface area contributed by atoms with E-state index in [1.807, 2.05) is 6.92 Å². The molecular formula is C13H17ClFNO. The highest BCUT2D eigenvalue weighted by atomic mass is 35.5. The molecule has 1 aromatic rings. The third-order valence-electron chi connectivity index (χ3n) is 3.09. The van der Waals surface area contributed by atoms with Gasteiger partial charge in [0.2, 0.25) is 0 Å². The van der Waals surface area contributed by atoms with Crippen LogP contribution < -0.4 is 5.32 Å². The van der Waals surface area contributed by atoms with E-state index in [1.54, 1.807) is 12.1 Å². The molecule has 0 atom stereocenters. The first-order chi connectivity index (χ1) is 8.19. The van der Waals surface area contributed by atoms with Crippen molar-refractivity contribution in [3.05, 3.63) is 34.6 Å². The molecule has 1 aliphatic carbocycles. The van der Waals surface area contributed by atoms with Crippen LogP contribution in [0.2, 0.25) is 5.02 Å². The zero-order valence-electron chi connectivity index (χ0n) is 9.88. The van der Waals surface area contributed by atoms with E-state index in [-0.39, 0.29) is 5.82 Å². The first kappa shape index (κ1) is 12.8. The van der Waals surface area contributed by atoms with E-state index in [0.717, 1.165) is 19.4 Å². The average Bonchev–Trinajstić information content (AvgIpc) is 2.26. The topological polar surface area (TPSA) is 21.3 Å². The number of hydrogen-bond donors (Lipinski definition) is 1. The number of ether oxygens (including phenoxy) is 1. The molecule has 2 nitrogen and oxygen atoms in total. The van der Waals surface area contributed by atoms with Crippen LogP contribution >= 0.6 is 11.6 Å². The van der Waals surface area contributed by atoms with Gasteiger partial charge in [0.25, 0.3) is 0 Å². The van der Waals surface area contributed by atoms with E-state index < -0.39 is 0 Å². The number of rotatable bonds is 5. The minimum absolute atomic E-state index is 0.206. The summed E-state index contributed by atoms with van der Waals surface area (Å²) in [4.78, 5) is 0. The van der Waals surface area contributed by atoms with Crippen molar-refractivity contribution in [3.63, 3.8) is 0 Å². The highest BCUT2D eigenvalue weighted by Crippen LogP contribution is 2.24. The zero-order chi connectivity index (χ0) is 12.3. The van der Waals surface area contributed by atoms with Crippen molar-refractivity contribution in [2.24, 2.45) is 0 Å². The van der Waals surface area contributed by atoms with Crippen molar-refractivity contribution < 1.29 is 9.13 Å². The summed E-state index contributed by atoms with van der Waals surface area (Å²) >= 11 is 5.83. The quantitative estimate of drug-likeness (QED) is 0.875. The first-order valence-corrected chi connectivity index (χ1v) is 6.35. The molecule has 0 aliphatic heterocycles. The van der Waals surface area contributed by atoms with Crippen LogP contribution in [0.3, 0.4) is 0 Å². The lowest BCUT2D eigenvalue weighted by Crippen LogP contribution is -2.45. The summed E-state index contributed by atoms with van der Waals surface area (Å²) < 4.78 is 18.9. The van der Waals surface area contributed by atoms with Gasteiger partial charge < -0.3 is 10.1 Å². The van der Waals surface area contributed by atoms with Gasteiger partial charge in [-0.05, 0) is 38.0 Å². The minimum atomic E-state index is -0.206. The maximum absolute atomic E-state index is 13.4. The van der Waals surface area contributed by atoms with Gasteiger partial charge in [0.15, 0.2) is 0 Å². The molecule has 0 bridgehead atoms. The molecule has 0 radical (unpaired) electrons. The summed E-state index contributed by atoms with van der Waals surface area (Å²) in [6, 6.07) is 5.07. The fourth-order valence-corrected chi connectivity index (χ4v) is 2.23. The highest BCUT2D eigenvalue weighted by Gasteiger charge is 2.28. The number of hydrogen-bond acceptors (Lipinski definition) is 2. The Morgan fingerprint density at radius 3 is 2.94 bits per heavy atom. The van der Waals surface area contributed by atoms with E-state index >= 15 is 0 Å². The van der Waals surface area contributed by atoms with Gasteiger partial charge in [-0.2, -0.15) is 0 Å². The molecule has 1 saturated carbocycles. The molecule has 0 spiro atoms. The second-order valence-corrected chi connectivity index (χ2v) is 4.80. The lowest BCUT2D eigenvalue weighted by molar-refractivity contribution is -0.0102. The van der Waals surface area contributed by atoms with Crippen LogP contribution in [0.5, 0.6) is 0 Å². The Morgan fingerprint density at radius 1 is 1.47 bits per heavy atom. The van der Waals surface area contributed by atoms with Gasteiger partial charge in [0.1, 0.15) is 5.82 Å². The summed E-state index contributed by atoms with van der Waals surface area (Å²) in [6.07, 6.45) is 2.40. The highest BCUT2D eigenvalue weighted by molar-refractivity contribution is 6.30. The summed E-state index contributed by atoms with van der Waals surface area (Å²) in [5.74, 6) is -0.206. The van der Waals surface area contributed by atoms with Crippen molar-refractivity contribution in [3.8, 4) is 0 Å². The molecule has 0 saturated heterocycles. The van der Waals surface area contributed by atoms with Crippen molar-refractivity contribution in [1.82, 2.24) is 5.32 Å². The second-order valence-electron chi connectivity index (χ2n) is 4.36. The van der Waals surface area contributed by atoms with Crippen LogP contribution in [0.4, 0.5) is 4.39 Å². The number of halogens is 2. The van der Waals surface area contributed by atoms with Gasteiger partial charge in [-0.25, -0.2) is 4.39 Å². The fraction of sp³-hybridized carbons (Fsp3) is 0.538. The Morgan fingerprint density at radius 2 is 2.24 bits per heavy atom. The maximum atomic E-state index is 13.4. The van der Waals surface area contributed by atoms with E-state index in [1.165, 1.54) is 6.07 Å². The Labute approximate surface area is 106 Å². The molecule has 1 N–H and O–H groups in total. The molecule has 1 aromatic carbocycles.